The monoisotopic (exact) mass is 382 g/mol. The zero-order valence-corrected chi connectivity index (χ0v) is 14.0. The highest BCUT2D eigenvalue weighted by Crippen LogP contribution is 2.37. The summed E-state index contributed by atoms with van der Waals surface area (Å²) in [5, 5.41) is 0.608. The molecule has 0 saturated heterocycles. The van der Waals surface area contributed by atoms with E-state index in [4.69, 9.17) is 23.2 Å². The fraction of sp³-hybridized carbons (Fsp3) is 0.0714. The maximum atomic E-state index is 6.32. The first-order valence-corrected chi connectivity index (χ1v) is 7.57. The topological polar surface area (TPSA) is 43.6 Å². The summed E-state index contributed by atoms with van der Waals surface area (Å²) < 4.78 is 2.69. The molecule has 7 heteroatoms. The molecule has 21 heavy (non-hydrogen) atoms. The van der Waals surface area contributed by atoms with Crippen molar-refractivity contribution in [3.05, 3.63) is 51.6 Å². The minimum atomic E-state index is 0.304. The van der Waals surface area contributed by atoms with E-state index in [-0.39, 0.29) is 0 Å². The lowest BCUT2D eigenvalue weighted by Gasteiger charge is -2.10. The highest BCUT2D eigenvalue weighted by atomic mass is 79.9. The lowest BCUT2D eigenvalue weighted by molar-refractivity contribution is 0.908. The number of rotatable bonds is 2. The Labute approximate surface area is 139 Å². The Bertz CT molecular complexity index is 793. The van der Waals surface area contributed by atoms with E-state index >= 15 is 0 Å². The number of hydrogen-bond acceptors (Lipinski definition) is 3. The average Bonchev–Trinajstić information content (AvgIpc) is 2.86. The highest BCUT2D eigenvalue weighted by molar-refractivity contribution is 9.10. The van der Waals surface area contributed by atoms with Crippen LogP contribution in [0.5, 0.6) is 0 Å². The van der Waals surface area contributed by atoms with Gasteiger partial charge in [-0.25, -0.2) is 15.0 Å². The second-order valence-electron chi connectivity index (χ2n) is 4.37. The van der Waals surface area contributed by atoms with Gasteiger partial charge in [0.25, 0.3) is 0 Å². The first kappa shape index (κ1) is 14.5. The molecule has 0 aliphatic rings. The molecule has 4 nitrogen and oxygen atoms in total. The summed E-state index contributed by atoms with van der Waals surface area (Å²) >= 11 is 16.1. The maximum Gasteiger partial charge on any atom is 0.180 e. The second-order valence-corrected chi connectivity index (χ2v) is 5.94. The number of imidazole rings is 1. The molecule has 0 saturated carbocycles. The van der Waals surface area contributed by atoms with Gasteiger partial charge in [-0.1, -0.05) is 57.3 Å². The third-order valence-corrected chi connectivity index (χ3v) is 4.25. The van der Waals surface area contributed by atoms with Crippen LogP contribution in [0.15, 0.2) is 41.3 Å². The van der Waals surface area contributed by atoms with E-state index in [0.29, 0.717) is 21.7 Å². The van der Waals surface area contributed by atoms with Crippen molar-refractivity contribution in [3.8, 4) is 22.6 Å². The van der Waals surface area contributed by atoms with Gasteiger partial charge in [-0.2, -0.15) is 0 Å². The third kappa shape index (κ3) is 2.69. The number of nitrogens with zero attached hydrogens (tertiary/aromatic N) is 4. The average molecular weight is 384 g/mol. The van der Waals surface area contributed by atoms with Crippen LogP contribution in [0.3, 0.4) is 0 Å². The first-order chi connectivity index (χ1) is 10.1. The predicted octanol–water partition coefficient (Wildman–Crippen LogP) is 4.61. The molecular formula is C14H9BrCl2N4. The zero-order valence-electron chi connectivity index (χ0n) is 10.9. The minimum Gasteiger partial charge on any atom is -0.331 e. The van der Waals surface area contributed by atoms with Crippen LogP contribution in [0.2, 0.25) is 10.3 Å². The Morgan fingerprint density at radius 1 is 1.10 bits per heavy atom. The van der Waals surface area contributed by atoms with Crippen LogP contribution in [0.25, 0.3) is 22.6 Å². The number of benzene rings is 1. The largest absolute Gasteiger partial charge is 0.331 e. The van der Waals surface area contributed by atoms with E-state index in [0.717, 1.165) is 15.7 Å². The summed E-state index contributed by atoms with van der Waals surface area (Å²) in [6, 6.07) is 7.64. The van der Waals surface area contributed by atoms with Crippen LogP contribution in [0, 0.1) is 0 Å². The van der Waals surface area contributed by atoms with Gasteiger partial charge in [0.2, 0.25) is 0 Å². The van der Waals surface area contributed by atoms with E-state index < -0.39 is 0 Å². The van der Waals surface area contributed by atoms with Gasteiger partial charge < -0.3 is 4.57 Å². The number of halogens is 3. The SMILES string of the molecule is Cn1cncc1-c1nc(Cl)c(-c2ccccc2Br)c(Cl)n1. The van der Waals surface area contributed by atoms with Crippen molar-refractivity contribution in [3.63, 3.8) is 0 Å². The van der Waals surface area contributed by atoms with Crippen molar-refractivity contribution in [2.75, 3.05) is 0 Å². The molecule has 0 aliphatic heterocycles. The standard InChI is InChI=1S/C14H9BrCl2N4/c1-21-7-18-6-10(21)14-19-12(16)11(13(17)20-14)8-4-2-3-5-9(8)15/h2-7H,1H3. The summed E-state index contributed by atoms with van der Waals surface area (Å²) in [5.41, 5.74) is 2.21. The molecule has 0 aliphatic carbocycles. The molecular weight excluding hydrogens is 375 g/mol. The van der Waals surface area contributed by atoms with Crippen molar-refractivity contribution in [2.24, 2.45) is 7.05 Å². The van der Waals surface area contributed by atoms with E-state index in [1.807, 2.05) is 31.3 Å². The van der Waals surface area contributed by atoms with Crippen LogP contribution < -0.4 is 0 Å². The molecule has 0 bridgehead atoms. The van der Waals surface area contributed by atoms with Crippen molar-refractivity contribution < 1.29 is 0 Å². The van der Waals surface area contributed by atoms with Gasteiger partial charge in [-0.05, 0) is 6.07 Å². The number of hydrogen-bond donors (Lipinski definition) is 0. The summed E-state index contributed by atoms with van der Waals surface area (Å²) in [6.45, 7) is 0. The number of aromatic nitrogens is 4. The Morgan fingerprint density at radius 3 is 2.33 bits per heavy atom. The van der Waals surface area contributed by atoms with Crippen molar-refractivity contribution in [1.29, 1.82) is 0 Å². The molecule has 0 amide bonds. The predicted molar refractivity (Wildman–Crippen MR) is 87.4 cm³/mol. The molecule has 0 N–H and O–H groups in total. The molecule has 1 aromatic carbocycles. The van der Waals surface area contributed by atoms with Gasteiger partial charge in [-0.3, -0.25) is 0 Å². The van der Waals surface area contributed by atoms with Crippen LogP contribution in [0.4, 0.5) is 0 Å². The molecule has 0 atom stereocenters. The van der Waals surface area contributed by atoms with Gasteiger partial charge >= 0.3 is 0 Å². The fourth-order valence-corrected chi connectivity index (χ4v) is 3.06. The van der Waals surface area contributed by atoms with E-state index in [1.54, 1.807) is 17.1 Å². The first-order valence-electron chi connectivity index (χ1n) is 6.02. The normalized spacial score (nSPS) is 10.9. The second kappa shape index (κ2) is 5.75. The van der Waals surface area contributed by atoms with Crippen molar-refractivity contribution in [2.45, 2.75) is 0 Å². The van der Waals surface area contributed by atoms with Gasteiger partial charge in [0, 0.05) is 17.1 Å². The molecule has 3 rings (SSSR count). The highest BCUT2D eigenvalue weighted by Gasteiger charge is 2.17. The minimum absolute atomic E-state index is 0.304. The Hall–Kier alpha value is -1.43. The van der Waals surface area contributed by atoms with Crippen LogP contribution >= 0.6 is 39.1 Å². The Kier molecular flexibility index (Phi) is 3.97. The Morgan fingerprint density at radius 2 is 1.76 bits per heavy atom. The van der Waals surface area contributed by atoms with Gasteiger partial charge in [-0.15, -0.1) is 0 Å². The molecule has 106 valence electrons. The molecule has 0 spiro atoms. The number of aryl methyl sites for hydroxylation is 1. The van der Waals surface area contributed by atoms with Gasteiger partial charge in [0.05, 0.1) is 18.1 Å². The molecule has 0 radical (unpaired) electrons. The molecule has 3 aromatic rings. The van der Waals surface area contributed by atoms with E-state index in [1.165, 1.54) is 0 Å². The van der Waals surface area contributed by atoms with Gasteiger partial charge in [0.1, 0.15) is 16.0 Å². The van der Waals surface area contributed by atoms with Crippen LogP contribution in [-0.2, 0) is 7.05 Å². The van der Waals surface area contributed by atoms with Crippen LogP contribution in [0.1, 0.15) is 0 Å². The molecule has 0 fully saturated rings. The molecule has 2 heterocycles. The van der Waals surface area contributed by atoms with Crippen molar-refractivity contribution >= 4 is 39.1 Å². The molecule has 0 unspecified atom stereocenters. The lowest BCUT2D eigenvalue weighted by atomic mass is 10.1. The summed E-state index contributed by atoms with van der Waals surface area (Å²) in [5.74, 6) is 0.445. The Balaban J connectivity index is 2.18. The smallest absolute Gasteiger partial charge is 0.180 e. The zero-order chi connectivity index (χ0) is 15.0. The summed E-state index contributed by atoms with van der Waals surface area (Å²) in [4.78, 5) is 12.7. The van der Waals surface area contributed by atoms with Crippen molar-refractivity contribution in [1.82, 2.24) is 19.5 Å². The maximum absolute atomic E-state index is 6.32. The lowest BCUT2D eigenvalue weighted by Crippen LogP contribution is -1.98. The van der Waals surface area contributed by atoms with Crippen LogP contribution in [-0.4, -0.2) is 19.5 Å². The summed E-state index contributed by atoms with van der Waals surface area (Å²) in [7, 11) is 1.86. The fourth-order valence-electron chi connectivity index (χ4n) is 1.98. The van der Waals surface area contributed by atoms with Gasteiger partial charge in [0.15, 0.2) is 5.82 Å². The van der Waals surface area contributed by atoms with E-state index in [9.17, 15) is 0 Å². The molecule has 2 aromatic heterocycles. The summed E-state index contributed by atoms with van der Waals surface area (Å²) in [6.07, 6.45) is 3.34. The van der Waals surface area contributed by atoms with E-state index in [2.05, 4.69) is 30.9 Å². The third-order valence-electron chi connectivity index (χ3n) is 3.01. The quantitative estimate of drug-likeness (QED) is 0.606.